The Hall–Kier alpha value is -1.44. The molecule has 4 N–H and O–H groups in total. The molecule has 1 amide bonds. The van der Waals surface area contributed by atoms with Gasteiger partial charge in [-0.3, -0.25) is 4.79 Å². The van der Waals surface area contributed by atoms with Gasteiger partial charge >= 0.3 is 0 Å². The second-order valence-electron chi connectivity index (χ2n) is 4.49. The summed E-state index contributed by atoms with van der Waals surface area (Å²) < 4.78 is 26.4. The number of hydrogen-bond acceptors (Lipinski definition) is 4. The minimum atomic E-state index is -3.72. The van der Waals surface area contributed by atoms with Crippen LogP contribution in [0.2, 0.25) is 0 Å². The van der Waals surface area contributed by atoms with Crippen LogP contribution in [0.3, 0.4) is 0 Å². The summed E-state index contributed by atoms with van der Waals surface area (Å²) in [7, 11) is -3.72. The fraction of sp³-hybridized carbons (Fsp3) is 0.417. The zero-order chi connectivity index (χ0) is 14.0. The Morgan fingerprint density at radius 1 is 1.37 bits per heavy atom. The van der Waals surface area contributed by atoms with E-state index in [0.29, 0.717) is 24.9 Å². The van der Waals surface area contributed by atoms with Gasteiger partial charge in [-0.1, -0.05) is 18.2 Å². The number of amides is 1. The van der Waals surface area contributed by atoms with Gasteiger partial charge in [0.25, 0.3) is 0 Å². The first-order chi connectivity index (χ1) is 8.98. The van der Waals surface area contributed by atoms with Gasteiger partial charge in [0.1, 0.15) is 6.04 Å². The summed E-state index contributed by atoms with van der Waals surface area (Å²) in [6.45, 7) is 0.444. The highest BCUT2D eigenvalue weighted by atomic mass is 32.2. The molecule has 0 bridgehead atoms. The zero-order valence-corrected chi connectivity index (χ0v) is 11.3. The number of hydrogen-bond donors (Lipinski definition) is 2. The summed E-state index contributed by atoms with van der Waals surface area (Å²) in [4.78, 5) is 11.5. The summed E-state index contributed by atoms with van der Waals surface area (Å²) in [6.07, 6.45) is 1.11. The van der Waals surface area contributed by atoms with Gasteiger partial charge in [-0.05, 0) is 24.5 Å². The van der Waals surface area contributed by atoms with Crippen LogP contribution >= 0.6 is 0 Å². The molecule has 2 rings (SSSR count). The van der Waals surface area contributed by atoms with Crippen LogP contribution in [0.15, 0.2) is 29.2 Å². The van der Waals surface area contributed by atoms with Crippen molar-refractivity contribution in [3.63, 3.8) is 0 Å². The lowest BCUT2D eigenvalue weighted by Crippen LogP contribution is -2.43. The van der Waals surface area contributed by atoms with Crippen LogP contribution in [-0.4, -0.2) is 31.2 Å². The summed E-state index contributed by atoms with van der Waals surface area (Å²) in [5, 5.41) is 0. The lowest BCUT2D eigenvalue weighted by molar-refractivity contribution is -0.121. The molecule has 1 aliphatic rings. The van der Waals surface area contributed by atoms with Gasteiger partial charge in [0.15, 0.2) is 0 Å². The number of nitrogens with zero attached hydrogens (tertiary/aromatic N) is 1. The van der Waals surface area contributed by atoms with Crippen LogP contribution in [-0.2, 0) is 21.4 Å². The Morgan fingerprint density at radius 2 is 2.05 bits per heavy atom. The van der Waals surface area contributed by atoms with Crippen molar-refractivity contribution < 1.29 is 13.2 Å². The number of sulfonamides is 1. The van der Waals surface area contributed by atoms with Crippen LogP contribution in [0.5, 0.6) is 0 Å². The highest BCUT2D eigenvalue weighted by molar-refractivity contribution is 7.89. The Bertz CT molecular complexity index is 586. The van der Waals surface area contributed by atoms with E-state index < -0.39 is 22.0 Å². The molecule has 0 spiro atoms. The van der Waals surface area contributed by atoms with Crippen LogP contribution in [0.25, 0.3) is 0 Å². The number of primary amides is 1. The number of carbonyl (C=O) groups is 1. The lowest BCUT2D eigenvalue weighted by atomic mass is 10.2. The van der Waals surface area contributed by atoms with Crippen molar-refractivity contribution >= 4 is 15.9 Å². The van der Waals surface area contributed by atoms with E-state index in [2.05, 4.69) is 0 Å². The fourth-order valence-electron chi connectivity index (χ4n) is 2.36. The van der Waals surface area contributed by atoms with Crippen LogP contribution < -0.4 is 11.5 Å². The van der Waals surface area contributed by atoms with Gasteiger partial charge < -0.3 is 11.5 Å². The van der Waals surface area contributed by atoms with E-state index in [0.717, 1.165) is 0 Å². The van der Waals surface area contributed by atoms with Crippen molar-refractivity contribution in [2.45, 2.75) is 30.3 Å². The van der Waals surface area contributed by atoms with Crippen LogP contribution in [0.1, 0.15) is 18.4 Å². The molecule has 1 atom stereocenters. The summed E-state index contributed by atoms with van der Waals surface area (Å²) in [6, 6.07) is 5.80. The normalized spacial score (nSPS) is 20.6. The molecule has 1 saturated heterocycles. The molecule has 0 aromatic heterocycles. The number of rotatable bonds is 4. The maximum atomic E-state index is 12.6. The van der Waals surface area contributed by atoms with Gasteiger partial charge in [0.2, 0.25) is 15.9 Å². The molecular formula is C12H17N3O3S. The molecule has 1 aromatic rings. The minimum Gasteiger partial charge on any atom is -0.368 e. The topological polar surface area (TPSA) is 106 Å². The molecule has 1 fully saturated rings. The standard InChI is InChI=1S/C12H17N3O3S/c13-8-9-4-1-2-6-11(9)19(17,18)15-7-3-5-10(15)12(14)16/h1-2,4,6,10H,3,5,7-8,13H2,(H2,14,16). The molecule has 104 valence electrons. The van der Waals surface area contributed by atoms with Gasteiger partial charge in [-0.25, -0.2) is 8.42 Å². The van der Waals surface area contributed by atoms with E-state index in [1.165, 1.54) is 10.4 Å². The monoisotopic (exact) mass is 283 g/mol. The molecule has 0 saturated carbocycles. The first kappa shape index (κ1) is 14.0. The van der Waals surface area contributed by atoms with Crippen molar-refractivity contribution in [1.29, 1.82) is 0 Å². The second-order valence-corrected chi connectivity index (χ2v) is 6.35. The molecule has 0 aliphatic carbocycles. The van der Waals surface area contributed by atoms with E-state index in [1.54, 1.807) is 18.2 Å². The van der Waals surface area contributed by atoms with Crippen molar-refractivity contribution in [3.05, 3.63) is 29.8 Å². The quantitative estimate of drug-likeness (QED) is 0.796. The summed E-state index contributed by atoms with van der Waals surface area (Å²) in [5.41, 5.74) is 11.4. The van der Waals surface area contributed by atoms with Gasteiger partial charge in [0.05, 0.1) is 4.90 Å². The molecule has 0 radical (unpaired) electrons. The molecule has 1 aliphatic heterocycles. The SMILES string of the molecule is NCc1ccccc1S(=O)(=O)N1CCCC1C(N)=O. The van der Waals surface area contributed by atoms with E-state index in [9.17, 15) is 13.2 Å². The Morgan fingerprint density at radius 3 is 2.68 bits per heavy atom. The molecule has 6 nitrogen and oxygen atoms in total. The van der Waals surface area contributed by atoms with E-state index >= 15 is 0 Å². The fourth-order valence-corrected chi connectivity index (χ4v) is 4.26. The van der Waals surface area contributed by atoms with Gasteiger partial charge in [-0.2, -0.15) is 4.31 Å². The average Bonchev–Trinajstić information content (AvgIpc) is 2.88. The maximum Gasteiger partial charge on any atom is 0.244 e. The number of nitrogens with two attached hydrogens (primary N) is 2. The summed E-state index contributed by atoms with van der Waals surface area (Å²) in [5.74, 6) is -0.605. The van der Waals surface area contributed by atoms with Crippen molar-refractivity contribution in [3.8, 4) is 0 Å². The molecule has 19 heavy (non-hydrogen) atoms. The van der Waals surface area contributed by atoms with Gasteiger partial charge in [0, 0.05) is 13.1 Å². The molecule has 7 heteroatoms. The molecule has 1 heterocycles. The van der Waals surface area contributed by atoms with Gasteiger partial charge in [-0.15, -0.1) is 0 Å². The number of carbonyl (C=O) groups excluding carboxylic acids is 1. The van der Waals surface area contributed by atoms with E-state index in [1.807, 2.05) is 0 Å². The second kappa shape index (κ2) is 5.28. The first-order valence-electron chi connectivity index (χ1n) is 6.07. The average molecular weight is 283 g/mol. The Balaban J connectivity index is 2.45. The minimum absolute atomic E-state index is 0.129. The van der Waals surface area contributed by atoms with Crippen LogP contribution in [0, 0.1) is 0 Å². The lowest BCUT2D eigenvalue weighted by Gasteiger charge is -2.22. The Kier molecular flexibility index (Phi) is 3.88. The predicted octanol–water partition coefficient (Wildman–Crippen LogP) is -0.216. The predicted molar refractivity (Wildman–Crippen MR) is 70.4 cm³/mol. The number of benzene rings is 1. The highest BCUT2D eigenvalue weighted by Crippen LogP contribution is 2.27. The van der Waals surface area contributed by atoms with E-state index in [4.69, 9.17) is 11.5 Å². The Labute approximate surface area is 112 Å². The third kappa shape index (κ3) is 2.49. The molecule has 1 aromatic carbocycles. The highest BCUT2D eigenvalue weighted by Gasteiger charge is 2.38. The molecular weight excluding hydrogens is 266 g/mol. The van der Waals surface area contributed by atoms with Crippen molar-refractivity contribution in [2.24, 2.45) is 11.5 Å². The van der Waals surface area contributed by atoms with Crippen molar-refractivity contribution in [1.82, 2.24) is 4.31 Å². The maximum absolute atomic E-state index is 12.6. The summed E-state index contributed by atoms with van der Waals surface area (Å²) >= 11 is 0. The third-order valence-corrected chi connectivity index (χ3v) is 5.32. The molecule has 1 unspecified atom stereocenters. The van der Waals surface area contributed by atoms with E-state index in [-0.39, 0.29) is 11.4 Å². The third-order valence-electron chi connectivity index (χ3n) is 3.31. The van der Waals surface area contributed by atoms with Crippen molar-refractivity contribution in [2.75, 3.05) is 6.54 Å². The first-order valence-corrected chi connectivity index (χ1v) is 7.51. The largest absolute Gasteiger partial charge is 0.368 e. The van der Waals surface area contributed by atoms with Crippen LogP contribution in [0.4, 0.5) is 0 Å². The smallest absolute Gasteiger partial charge is 0.244 e. The zero-order valence-electron chi connectivity index (χ0n) is 10.5.